The van der Waals surface area contributed by atoms with Crippen molar-refractivity contribution in [2.75, 3.05) is 11.1 Å². The van der Waals surface area contributed by atoms with Crippen molar-refractivity contribution in [2.24, 2.45) is 0 Å². The number of hydrogen-bond acceptors (Lipinski definition) is 3. The van der Waals surface area contributed by atoms with Crippen LogP contribution in [0.5, 0.6) is 0 Å². The number of H-pyrrole nitrogens is 1. The lowest BCUT2D eigenvalue weighted by Gasteiger charge is -2.16. The van der Waals surface area contributed by atoms with E-state index in [0.717, 1.165) is 12.0 Å². The summed E-state index contributed by atoms with van der Waals surface area (Å²) >= 11 is 1.49. The van der Waals surface area contributed by atoms with Crippen LogP contribution in [0.15, 0.2) is 35.1 Å². The lowest BCUT2D eigenvalue weighted by molar-refractivity contribution is -0.113. The van der Waals surface area contributed by atoms with Crippen molar-refractivity contribution in [3.05, 3.63) is 51.8 Å². The van der Waals surface area contributed by atoms with Crippen molar-refractivity contribution in [2.45, 2.75) is 31.6 Å². The maximum Gasteiger partial charge on any atom is 0.270 e. The minimum absolute atomic E-state index is 0.0688. The number of nitrogens with zero attached hydrogens (tertiary/aromatic N) is 1. The molecule has 0 saturated carbocycles. The minimum Gasteiger partial charge on any atom is -0.310 e. The third kappa shape index (κ3) is 2.59. The van der Waals surface area contributed by atoms with E-state index in [4.69, 9.17) is 0 Å². The van der Waals surface area contributed by atoms with E-state index >= 15 is 0 Å². The number of carbonyl (C=O) groups excluding carboxylic acids is 1. The lowest BCUT2D eigenvalue weighted by atomic mass is 10.1. The van der Waals surface area contributed by atoms with Crippen LogP contribution in [-0.4, -0.2) is 21.4 Å². The molecule has 0 saturated heterocycles. The maximum atomic E-state index is 12.5. The molecule has 2 unspecified atom stereocenters. The van der Waals surface area contributed by atoms with Gasteiger partial charge in [0.05, 0.1) is 16.6 Å². The number of aromatic nitrogens is 2. The predicted octanol–water partition coefficient (Wildman–Crippen LogP) is 2.92. The highest BCUT2D eigenvalue weighted by molar-refractivity contribution is 8.00. The SMILES string of the molecule is CCC(C)n1[nH]c(=O)c2c1NC(=O)CSC2c1ccccc1. The fourth-order valence-corrected chi connectivity index (χ4v) is 3.77. The summed E-state index contributed by atoms with van der Waals surface area (Å²) in [5.74, 6) is 0.887. The first-order valence-electron chi connectivity index (χ1n) is 7.42. The number of amides is 1. The lowest BCUT2D eigenvalue weighted by Crippen LogP contribution is -2.18. The summed E-state index contributed by atoms with van der Waals surface area (Å²) in [4.78, 5) is 24.5. The third-order valence-corrected chi connectivity index (χ3v) is 5.27. The molecule has 2 heterocycles. The van der Waals surface area contributed by atoms with Gasteiger partial charge in [0.1, 0.15) is 5.82 Å². The maximum absolute atomic E-state index is 12.5. The van der Waals surface area contributed by atoms with Crippen LogP contribution in [0, 0.1) is 0 Å². The smallest absolute Gasteiger partial charge is 0.270 e. The molecule has 1 aromatic carbocycles. The highest BCUT2D eigenvalue weighted by atomic mass is 32.2. The number of rotatable bonds is 3. The van der Waals surface area contributed by atoms with Crippen LogP contribution in [0.4, 0.5) is 5.82 Å². The van der Waals surface area contributed by atoms with Crippen LogP contribution in [0.25, 0.3) is 0 Å². The molecule has 0 spiro atoms. The van der Waals surface area contributed by atoms with Gasteiger partial charge < -0.3 is 5.32 Å². The molecule has 116 valence electrons. The molecule has 5 nitrogen and oxygen atoms in total. The summed E-state index contributed by atoms with van der Waals surface area (Å²) in [5.41, 5.74) is 1.55. The molecule has 0 fully saturated rings. The number of anilines is 1. The van der Waals surface area contributed by atoms with Gasteiger partial charge in [0.2, 0.25) is 5.91 Å². The van der Waals surface area contributed by atoms with Crippen molar-refractivity contribution >= 4 is 23.5 Å². The fraction of sp³-hybridized carbons (Fsp3) is 0.375. The Kier molecular flexibility index (Phi) is 4.11. The van der Waals surface area contributed by atoms with Crippen LogP contribution >= 0.6 is 11.8 Å². The van der Waals surface area contributed by atoms with Gasteiger partial charge in [0, 0.05) is 6.04 Å². The Bertz CT molecular complexity index is 736. The summed E-state index contributed by atoms with van der Waals surface area (Å²) in [6, 6.07) is 9.97. The second kappa shape index (κ2) is 6.04. The first-order chi connectivity index (χ1) is 10.6. The first-order valence-corrected chi connectivity index (χ1v) is 8.47. The standard InChI is InChI=1S/C16H19N3O2S/c1-3-10(2)19-15-13(16(21)18-19)14(22-9-12(20)17-15)11-7-5-4-6-8-11/h4-8,10,14H,3,9H2,1-2H3,(H,17,20)(H,18,21). The van der Waals surface area contributed by atoms with Gasteiger partial charge in [-0.3, -0.25) is 19.4 Å². The Balaban J connectivity index is 2.17. The van der Waals surface area contributed by atoms with Crippen molar-refractivity contribution < 1.29 is 4.79 Å². The van der Waals surface area contributed by atoms with Crippen LogP contribution < -0.4 is 10.9 Å². The largest absolute Gasteiger partial charge is 0.310 e. The van der Waals surface area contributed by atoms with Gasteiger partial charge >= 0.3 is 0 Å². The Morgan fingerprint density at radius 2 is 2.05 bits per heavy atom. The highest BCUT2D eigenvalue weighted by Gasteiger charge is 2.30. The van der Waals surface area contributed by atoms with Gasteiger partial charge in [0.25, 0.3) is 5.56 Å². The van der Waals surface area contributed by atoms with Gasteiger partial charge in [-0.2, -0.15) is 0 Å². The Morgan fingerprint density at radius 3 is 2.73 bits per heavy atom. The molecular weight excluding hydrogens is 298 g/mol. The Hall–Kier alpha value is -1.95. The third-order valence-electron chi connectivity index (χ3n) is 4.00. The molecular formula is C16H19N3O2S. The van der Waals surface area contributed by atoms with Gasteiger partial charge in [-0.15, -0.1) is 11.8 Å². The van der Waals surface area contributed by atoms with Crippen molar-refractivity contribution in [1.82, 2.24) is 9.78 Å². The summed E-state index contributed by atoms with van der Waals surface area (Å²) in [6.07, 6.45) is 0.871. The van der Waals surface area contributed by atoms with E-state index < -0.39 is 0 Å². The van der Waals surface area contributed by atoms with Crippen LogP contribution in [0.1, 0.15) is 42.7 Å². The number of hydrogen-bond donors (Lipinski definition) is 2. The second-order valence-corrected chi connectivity index (χ2v) is 6.57. The van der Waals surface area contributed by atoms with Gasteiger partial charge in [-0.1, -0.05) is 37.3 Å². The van der Waals surface area contributed by atoms with Crippen molar-refractivity contribution in [3.8, 4) is 0 Å². The number of benzene rings is 1. The molecule has 2 aromatic rings. The zero-order chi connectivity index (χ0) is 15.7. The fourth-order valence-electron chi connectivity index (χ4n) is 2.65. The Morgan fingerprint density at radius 1 is 1.32 bits per heavy atom. The monoisotopic (exact) mass is 317 g/mol. The molecule has 0 radical (unpaired) electrons. The van der Waals surface area contributed by atoms with E-state index in [2.05, 4.69) is 17.3 Å². The summed E-state index contributed by atoms with van der Waals surface area (Å²) in [5, 5.41) is 5.65. The summed E-state index contributed by atoms with van der Waals surface area (Å²) < 4.78 is 1.79. The van der Waals surface area contributed by atoms with E-state index in [9.17, 15) is 9.59 Å². The molecule has 1 aromatic heterocycles. The molecule has 22 heavy (non-hydrogen) atoms. The van der Waals surface area contributed by atoms with E-state index in [1.807, 2.05) is 37.3 Å². The zero-order valence-electron chi connectivity index (χ0n) is 12.6. The van der Waals surface area contributed by atoms with Gasteiger partial charge in [-0.25, -0.2) is 0 Å². The van der Waals surface area contributed by atoms with E-state index in [0.29, 0.717) is 17.1 Å². The summed E-state index contributed by atoms with van der Waals surface area (Å²) in [6.45, 7) is 4.08. The highest BCUT2D eigenvalue weighted by Crippen LogP contribution is 2.40. The van der Waals surface area contributed by atoms with Crippen LogP contribution in [0.3, 0.4) is 0 Å². The van der Waals surface area contributed by atoms with Crippen LogP contribution in [-0.2, 0) is 4.79 Å². The molecule has 0 aliphatic carbocycles. The molecule has 6 heteroatoms. The first kappa shape index (κ1) is 15.0. The minimum atomic E-state index is -0.135. The molecule has 3 rings (SSSR count). The van der Waals surface area contributed by atoms with E-state index in [-0.39, 0.29) is 22.8 Å². The number of fused-ring (bicyclic) bond motifs is 1. The topological polar surface area (TPSA) is 66.9 Å². The molecule has 1 amide bonds. The molecule has 1 aliphatic heterocycles. The number of thioether (sulfide) groups is 1. The zero-order valence-corrected chi connectivity index (χ0v) is 13.4. The quantitative estimate of drug-likeness (QED) is 0.914. The van der Waals surface area contributed by atoms with Gasteiger partial charge in [0.15, 0.2) is 0 Å². The summed E-state index contributed by atoms with van der Waals surface area (Å²) in [7, 11) is 0. The normalized spacial score (nSPS) is 19.2. The number of carbonyl (C=O) groups is 1. The van der Waals surface area contributed by atoms with Gasteiger partial charge in [-0.05, 0) is 18.9 Å². The second-order valence-electron chi connectivity index (χ2n) is 5.48. The molecule has 1 aliphatic rings. The number of aromatic amines is 1. The molecule has 0 bridgehead atoms. The average Bonchev–Trinajstić information content (AvgIpc) is 2.74. The molecule has 2 atom stereocenters. The van der Waals surface area contributed by atoms with Crippen molar-refractivity contribution in [3.63, 3.8) is 0 Å². The predicted molar refractivity (Wildman–Crippen MR) is 89.4 cm³/mol. The molecule has 2 N–H and O–H groups in total. The van der Waals surface area contributed by atoms with E-state index in [1.165, 1.54) is 11.8 Å². The number of nitrogens with one attached hydrogen (secondary N) is 2. The van der Waals surface area contributed by atoms with Crippen molar-refractivity contribution in [1.29, 1.82) is 0 Å². The van der Waals surface area contributed by atoms with Crippen LogP contribution in [0.2, 0.25) is 0 Å². The van der Waals surface area contributed by atoms with E-state index in [1.54, 1.807) is 4.68 Å². The Labute approximate surface area is 133 Å². The average molecular weight is 317 g/mol.